The lowest BCUT2D eigenvalue weighted by Gasteiger charge is -2.32. The van der Waals surface area contributed by atoms with E-state index < -0.39 is 0 Å². The van der Waals surface area contributed by atoms with Crippen molar-refractivity contribution in [3.8, 4) is 16.9 Å². The van der Waals surface area contributed by atoms with E-state index in [-0.39, 0.29) is 23.7 Å². The van der Waals surface area contributed by atoms with Crippen LogP contribution in [0.2, 0.25) is 0 Å². The molecule has 1 fully saturated rings. The number of hydrogen-bond acceptors (Lipinski definition) is 3. The molecule has 0 unspecified atom stereocenters. The van der Waals surface area contributed by atoms with Gasteiger partial charge in [-0.2, -0.15) is 0 Å². The van der Waals surface area contributed by atoms with Gasteiger partial charge in [0.05, 0.1) is 18.3 Å². The Morgan fingerprint density at radius 3 is 1.89 bits per heavy atom. The van der Waals surface area contributed by atoms with Gasteiger partial charge < -0.3 is 14.0 Å². The zero-order valence-electron chi connectivity index (χ0n) is 18.2. The van der Waals surface area contributed by atoms with Gasteiger partial charge in [0.1, 0.15) is 5.75 Å². The first-order valence-electron chi connectivity index (χ1n) is 10.4. The Morgan fingerprint density at radius 1 is 0.821 bits per heavy atom. The van der Waals surface area contributed by atoms with Crippen LogP contribution in [0.4, 0.5) is 0 Å². The molecule has 0 N–H and O–H groups in total. The van der Waals surface area contributed by atoms with E-state index in [1.807, 2.05) is 0 Å². The van der Waals surface area contributed by atoms with Gasteiger partial charge in [-0.3, -0.25) is 0 Å². The molecule has 2 aromatic rings. The Kier molecular flexibility index (Phi) is 4.44. The van der Waals surface area contributed by atoms with Crippen LogP contribution in [-0.2, 0) is 14.7 Å². The molecular weight excluding hydrogens is 347 g/mol. The van der Waals surface area contributed by atoms with Crippen molar-refractivity contribution in [1.82, 2.24) is 0 Å². The predicted molar refractivity (Wildman–Crippen MR) is 116 cm³/mol. The molecule has 148 valence electrons. The van der Waals surface area contributed by atoms with Crippen LogP contribution in [0, 0.1) is 0 Å². The molecule has 3 nitrogen and oxygen atoms in total. The summed E-state index contributed by atoms with van der Waals surface area (Å²) in [7, 11) is 1.40. The quantitative estimate of drug-likeness (QED) is 0.695. The highest BCUT2D eigenvalue weighted by Crippen LogP contribution is 2.53. The lowest BCUT2D eigenvalue weighted by Crippen LogP contribution is -2.41. The monoisotopic (exact) mass is 378 g/mol. The van der Waals surface area contributed by atoms with Crippen LogP contribution in [0.3, 0.4) is 0 Å². The number of ether oxygens (including phenoxy) is 1. The first-order chi connectivity index (χ1) is 13.2. The van der Waals surface area contributed by atoms with Crippen LogP contribution in [0.5, 0.6) is 5.75 Å². The largest absolute Gasteiger partial charge is 0.497 e. The van der Waals surface area contributed by atoms with Gasteiger partial charge >= 0.3 is 7.12 Å². The fourth-order valence-electron chi connectivity index (χ4n) is 4.76. The molecule has 0 saturated carbocycles. The van der Waals surface area contributed by atoms with Crippen LogP contribution >= 0.6 is 0 Å². The third kappa shape index (κ3) is 2.58. The first kappa shape index (κ1) is 19.5. The molecule has 0 bridgehead atoms. The highest BCUT2D eigenvalue weighted by Gasteiger charge is 2.52. The Hall–Kier alpha value is -1.78. The molecule has 1 saturated heterocycles. The topological polar surface area (TPSA) is 27.7 Å². The molecule has 1 heterocycles. The van der Waals surface area contributed by atoms with E-state index in [0.29, 0.717) is 0 Å². The minimum atomic E-state index is -0.334. The van der Waals surface area contributed by atoms with E-state index in [9.17, 15) is 0 Å². The molecule has 0 atom stereocenters. The number of methoxy groups -OCH3 is 1. The average Bonchev–Trinajstić information content (AvgIpc) is 3.07. The van der Waals surface area contributed by atoms with Crippen LogP contribution in [0.15, 0.2) is 36.4 Å². The Labute approximate surface area is 169 Å². The molecule has 0 radical (unpaired) electrons. The molecule has 1 aliphatic heterocycles. The Bertz CT molecular complexity index is 896. The maximum absolute atomic E-state index is 6.32. The molecule has 28 heavy (non-hydrogen) atoms. The normalized spacial score (nSPS) is 20.8. The zero-order chi connectivity index (χ0) is 20.3. The van der Waals surface area contributed by atoms with Crippen molar-refractivity contribution in [3.63, 3.8) is 0 Å². The second kappa shape index (κ2) is 6.37. The molecule has 0 spiro atoms. The SMILES string of the molecule is CCC1(CC)c2cc(OC)ccc2-c2ccc(B3OC(C)(C)C(C)(C)O3)cc21. The van der Waals surface area contributed by atoms with Crippen molar-refractivity contribution in [3.05, 3.63) is 47.5 Å². The van der Waals surface area contributed by atoms with Gasteiger partial charge in [-0.05, 0) is 80.4 Å². The Balaban J connectivity index is 1.83. The van der Waals surface area contributed by atoms with Gasteiger partial charge in [0, 0.05) is 5.41 Å². The highest BCUT2D eigenvalue weighted by molar-refractivity contribution is 6.62. The Morgan fingerprint density at radius 2 is 1.36 bits per heavy atom. The molecular formula is C24H31BO3. The van der Waals surface area contributed by atoms with Gasteiger partial charge in [-0.25, -0.2) is 0 Å². The summed E-state index contributed by atoms with van der Waals surface area (Å²) in [5.41, 5.74) is 5.83. The van der Waals surface area contributed by atoms with Crippen molar-refractivity contribution in [2.45, 2.75) is 71.0 Å². The molecule has 0 aromatic heterocycles. The zero-order valence-corrected chi connectivity index (χ0v) is 18.2. The van der Waals surface area contributed by atoms with Gasteiger partial charge in [0.2, 0.25) is 0 Å². The second-order valence-electron chi connectivity index (χ2n) is 9.09. The number of rotatable bonds is 4. The maximum atomic E-state index is 6.32. The predicted octanol–water partition coefficient (Wildman–Crippen LogP) is 5.08. The third-order valence-electron chi connectivity index (χ3n) is 7.32. The van der Waals surface area contributed by atoms with Crippen molar-refractivity contribution in [1.29, 1.82) is 0 Å². The van der Waals surface area contributed by atoms with Crippen molar-refractivity contribution in [2.24, 2.45) is 0 Å². The van der Waals surface area contributed by atoms with E-state index in [4.69, 9.17) is 14.0 Å². The van der Waals surface area contributed by atoms with Gasteiger partial charge in [0.15, 0.2) is 0 Å². The van der Waals surface area contributed by atoms with Gasteiger partial charge in [0.25, 0.3) is 0 Å². The van der Waals surface area contributed by atoms with Gasteiger partial charge in [-0.1, -0.05) is 38.1 Å². The summed E-state index contributed by atoms with van der Waals surface area (Å²) in [5.74, 6) is 0.920. The van der Waals surface area contributed by atoms with E-state index in [2.05, 4.69) is 77.9 Å². The highest BCUT2D eigenvalue weighted by atomic mass is 16.7. The maximum Gasteiger partial charge on any atom is 0.494 e. The van der Waals surface area contributed by atoms with Crippen molar-refractivity contribution in [2.75, 3.05) is 7.11 Å². The summed E-state index contributed by atoms with van der Waals surface area (Å²) in [6.07, 6.45) is 2.09. The summed E-state index contributed by atoms with van der Waals surface area (Å²) in [6, 6.07) is 13.2. The number of hydrogen-bond donors (Lipinski definition) is 0. The number of benzene rings is 2. The lowest BCUT2D eigenvalue weighted by molar-refractivity contribution is 0.00578. The summed E-state index contributed by atoms with van der Waals surface area (Å²) < 4.78 is 18.2. The van der Waals surface area contributed by atoms with E-state index in [1.165, 1.54) is 22.3 Å². The molecule has 4 heteroatoms. The van der Waals surface area contributed by atoms with E-state index in [0.717, 1.165) is 24.1 Å². The molecule has 0 amide bonds. The molecule has 2 aromatic carbocycles. The van der Waals surface area contributed by atoms with E-state index >= 15 is 0 Å². The summed E-state index contributed by atoms with van der Waals surface area (Å²) >= 11 is 0. The summed E-state index contributed by atoms with van der Waals surface area (Å²) in [6.45, 7) is 13.0. The fourth-order valence-corrected chi connectivity index (χ4v) is 4.76. The van der Waals surface area contributed by atoms with Crippen LogP contribution in [-0.4, -0.2) is 25.4 Å². The molecule has 1 aliphatic carbocycles. The standard InChI is InChI=1S/C24H31BO3/c1-8-24(9-2)20-14-16(25-27-22(3,4)23(5,6)28-25)10-12-18(20)19-13-11-17(26-7)15-21(19)24/h10-15H,8-9H2,1-7H3. The minimum absolute atomic E-state index is 0.00113. The summed E-state index contributed by atoms with van der Waals surface area (Å²) in [4.78, 5) is 0. The smallest absolute Gasteiger partial charge is 0.494 e. The third-order valence-corrected chi connectivity index (χ3v) is 7.32. The van der Waals surface area contributed by atoms with Crippen LogP contribution in [0.1, 0.15) is 65.5 Å². The minimum Gasteiger partial charge on any atom is -0.497 e. The van der Waals surface area contributed by atoms with Gasteiger partial charge in [-0.15, -0.1) is 0 Å². The average molecular weight is 378 g/mol. The van der Waals surface area contributed by atoms with Crippen LogP contribution < -0.4 is 10.2 Å². The fraction of sp³-hybridized carbons (Fsp3) is 0.500. The molecule has 4 rings (SSSR count). The van der Waals surface area contributed by atoms with Crippen molar-refractivity contribution < 1.29 is 14.0 Å². The van der Waals surface area contributed by atoms with Crippen LogP contribution in [0.25, 0.3) is 11.1 Å². The lowest BCUT2D eigenvalue weighted by atomic mass is 9.70. The van der Waals surface area contributed by atoms with E-state index in [1.54, 1.807) is 7.11 Å². The summed E-state index contributed by atoms with van der Waals surface area (Å²) in [5, 5.41) is 0. The number of fused-ring (bicyclic) bond motifs is 3. The van der Waals surface area contributed by atoms with Crippen molar-refractivity contribution >= 4 is 12.6 Å². The first-order valence-corrected chi connectivity index (χ1v) is 10.4. The molecule has 2 aliphatic rings. The second-order valence-corrected chi connectivity index (χ2v) is 9.09.